The highest BCUT2D eigenvalue weighted by Gasteiger charge is 2.31. The highest BCUT2D eigenvalue weighted by atomic mass is 16.5. The number of anilines is 1. The lowest BCUT2D eigenvalue weighted by Crippen LogP contribution is -2.46. The van der Waals surface area contributed by atoms with Gasteiger partial charge in [-0.3, -0.25) is 9.69 Å². The van der Waals surface area contributed by atoms with Crippen molar-refractivity contribution in [3.8, 4) is 11.5 Å². The molecule has 0 bridgehead atoms. The number of Topliss-reactive ketones (excluding diaryl/α,β-unsaturated/α-hetero) is 1. The number of aromatic nitrogens is 1. The fourth-order valence-corrected chi connectivity index (χ4v) is 4.17. The second kappa shape index (κ2) is 9.30. The molecule has 3 aromatic rings. The average molecular weight is 440 g/mol. The Hall–Kier alpha value is -3.90. The molecule has 1 saturated heterocycles. The van der Waals surface area contributed by atoms with Crippen LogP contribution in [0.15, 0.2) is 84.8 Å². The monoisotopic (exact) mass is 439 g/mol. The highest BCUT2D eigenvalue weighted by Crippen LogP contribution is 2.39. The molecule has 6 heteroatoms. The molecule has 1 N–H and O–H groups in total. The summed E-state index contributed by atoms with van der Waals surface area (Å²) in [6.45, 7) is 3.88. The van der Waals surface area contributed by atoms with Gasteiger partial charge in [0.1, 0.15) is 17.3 Å². The smallest absolute Gasteiger partial charge is 0.231 e. The maximum atomic E-state index is 12.9. The molecular weight excluding hydrogens is 414 g/mol. The van der Waals surface area contributed by atoms with Crippen molar-refractivity contribution >= 4 is 17.7 Å². The molecule has 0 atom stereocenters. The molecule has 0 spiro atoms. The zero-order valence-electron chi connectivity index (χ0n) is 18.2. The SMILES string of the molecule is O=C1/C(=C/C=C/c2ccccc2)Oc2c1ccc(O)c2CN1CCN(c2ccccn2)CC1. The van der Waals surface area contributed by atoms with E-state index in [9.17, 15) is 9.90 Å². The minimum atomic E-state index is -0.163. The topological polar surface area (TPSA) is 65.9 Å². The van der Waals surface area contributed by atoms with Crippen molar-refractivity contribution in [3.63, 3.8) is 0 Å². The number of phenols is 1. The number of carbonyl (C=O) groups excluding carboxylic acids is 1. The van der Waals surface area contributed by atoms with Gasteiger partial charge in [0.25, 0.3) is 0 Å². The van der Waals surface area contributed by atoms with Crippen LogP contribution in [0.5, 0.6) is 11.5 Å². The Balaban J connectivity index is 1.29. The van der Waals surface area contributed by atoms with E-state index in [0.29, 0.717) is 23.4 Å². The van der Waals surface area contributed by atoms with E-state index in [1.54, 1.807) is 18.2 Å². The zero-order chi connectivity index (χ0) is 22.6. The molecule has 2 aliphatic heterocycles. The largest absolute Gasteiger partial charge is 0.507 e. The van der Waals surface area contributed by atoms with Gasteiger partial charge in [0.15, 0.2) is 5.76 Å². The van der Waals surface area contributed by atoms with Gasteiger partial charge in [-0.25, -0.2) is 4.98 Å². The standard InChI is InChI=1S/C27H25N3O3/c31-23-13-12-21-26(32)24(10-6-9-20-7-2-1-3-8-20)33-27(21)22(23)19-29-15-17-30(18-16-29)25-11-4-5-14-28-25/h1-14,31H,15-19H2/b9-6+,24-10-. The van der Waals surface area contributed by atoms with Gasteiger partial charge in [-0.15, -0.1) is 0 Å². The Bertz CT molecular complexity index is 1200. The third-order valence-electron chi connectivity index (χ3n) is 5.98. The van der Waals surface area contributed by atoms with Gasteiger partial charge in [0.05, 0.1) is 11.1 Å². The molecule has 5 rings (SSSR count). The normalized spacial score (nSPS) is 17.5. The number of hydrogen-bond donors (Lipinski definition) is 1. The van der Waals surface area contributed by atoms with Crippen molar-refractivity contribution in [2.75, 3.05) is 31.1 Å². The summed E-state index contributed by atoms with van der Waals surface area (Å²) in [6.07, 6.45) is 7.22. The van der Waals surface area contributed by atoms with Crippen LogP contribution in [0, 0.1) is 0 Å². The Morgan fingerprint density at radius 3 is 2.52 bits per heavy atom. The number of ether oxygens (including phenoxy) is 1. The van der Waals surface area contributed by atoms with Crippen molar-refractivity contribution in [1.82, 2.24) is 9.88 Å². The maximum Gasteiger partial charge on any atom is 0.231 e. The first kappa shape index (κ1) is 21.0. The number of hydrogen-bond acceptors (Lipinski definition) is 6. The van der Waals surface area contributed by atoms with Gasteiger partial charge in [-0.1, -0.05) is 48.6 Å². The number of rotatable bonds is 5. The summed E-state index contributed by atoms with van der Waals surface area (Å²) < 4.78 is 5.95. The van der Waals surface area contributed by atoms with E-state index in [4.69, 9.17) is 4.74 Å². The van der Waals surface area contributed by atoms with E-state index in [0.717, 1.165) is 37.6 Å². The first-order chi connectivity index (χ1) is 16.2. The number of phenolic OH excluding ortho intramolecular Hbond substituents is 1. The van der Waals surface area contributed by atoms with Gasteiger partial charge in [-0.05, 0) is 35.9 Å². The van der Waals surface area contributed by atoms with Crippen molar-refractivity contribution in [2.45, 2.75) is 6.54 Å². The summed E-state index contributed by atoms with van der Waals surface area (Å²) in [4.78, 5) is 21.8. The van der Waals surface area contributed by atoms with Gasteiger partial charge in [0.2, 0.25) is 5.78 Å². The van der Waals surface area contributed by atoms with Crippen LogP contribution in [0.3, 0.4) is 0 Å². The number of piperazine rings is 1. The number of carbonyl (C=O) groups is 1. The van der Waals surface area contributed by atoms with E-state index in [-0.39, 0.29) is 17.3 Å². The molecule has 6 nitrogen and oxygen atoms in total. The lowest BCUT2D eigenvalue weighted by atomic mass is 10.0. The van der Waals surface area contributed by atoms with E-state index >= 15 is 0 Å². The summed E-state index contributed by atoms with van der Waals surface area (Å²) in [6, 6.07) is 19.0. The molecule has 0 amide bonds. The second-order valence-electron chi connectivity index (χ2n) is 8.12. The Labute approximate surface area is 193 Å². The number of nitrogens with zero attached hydrogens (tertiary/aromatic N) is 3. The van der Waals surface area contributed by atoms with Crippen LogP contribution < -0.4 is 9.64 Å². The lowest BCUT2D eigenvalue weighted by Gasteiger charge is -2.35. The fraction of sp³-hybridized carbons (Fsp3) is 0.185. The summed E-state index contributed by atoms with van der Waals surface area (Å²) >= 11 is 0. The minimum Gasteiger partial charge on any atom is -0.507 e. The van der Waals surface area contributed by atoms with Crippen LogP contribution in [0.2, 0.25) is 0 Å². The average Bonchev–Trinajstić information content (AvgIpc) is 3.18. The summed E-state index contributed by atoms with van der Waals surface area (Å²) in [5.74, 6) is 1.70. The molecule has 0 radical (unpaired) electrons. The van der Waals surface area contributed by atoms with Crippen LogP contribution in [-0.2, 0) is 6.54 Å². The molecule has 2 aliphatic rings. The Kier molecular flexibility index (Phi) is 5.91. The number of allylic oxidation sites excluding steroid dienone is 3. The van der Waals surface area contributed by atoms with Crippen LogP contribution >= 0.6 is 0 Å². The van der Waals surface area contributed by atoms with Crippen LogP contribution in [0.1, 0.15) is 21.5 Å². The number of benzene rings is 2. The first-order valence-electron chi connectivity index (χ1n) is 11.1. The molecule has 0 unspecified atom stereocenters. The van der Waals surface area contributed by atoms with Crippen LogP contribution in [-0.4, -0.2) is 47.0 Å². The van der Waals surface area contributed by atoms with Gasteiger partial charge < -0.3 is 14.7 Å². The van der Waals surface area contributed by atoms with Crippen molar-refractivity contribution in [3.05, 3.63) is 101 Å². The Morgan fingerprint density at radius 2 is 1.76 bits per heavy atom. The Morgan fingerprint density at radius 1 is 0.970 bits per heavy atom. The summed E-state index contributed by atoms with van der Waals surface area (Å²) in [5, 5.41) is 10.6. The minimum absolute atomic E-state index is 0.148. The van der Waals surface area contributed by atoms with E-state index < -0.39 is 0 Å². The van der Waals surface area contributed by atoms with Crippen LogP contribution in [0.25, 0.3) is 6.08 Å². The third kappa shape index (κ3) is 4.52. The molecule has 166 valence electrons. The second-order valence-corrected chi connectivity index (χ2v) is 8.12. The first-order valence-corrected chi connectivity index (χ1v) is 11.1. The van der Waals surface area contributed by atoms with Gasteiger partial charge in [0, 0.05) is 38.9 Å². The summed E-state index contributed by atoms with van der Waals surface area (Å²) in [5.41, 5.74) is 2.19. The molecule has 3 heterocycles. The third-order valence-corrected chi connectivity index (χ3v) is 5.98. The van der Waals surface area contributed by atoms with Crippen molar-refractivity contribution in [1.29, 1.82) is 0 Å². The molecule has 1 aromatic heterocycles. The van der Waals surface area contributed by atoms with E-state index in [2.05, 4.69) is 14.8 Å². The highest BCUT2D eigenvalue weighted by molar-refractivity contribution is 6.12. The van der Waals surface area contributed by atoms with E-state index in [1.165, 1.54) is 0 Å². The van der Waals surface area contributed by atoms with Crippen molar-refractivity contribution < 1.29 is 14.6 Å². The predicted octanol–water partition coefficient (Wildman–Crippen LogP) is 4.28. The molecule has 1 fully saturated rings. The summed E-state index contributed by atoms with van der Waals surface area (Å²) in [7, 11) is 0. The zero-order valence-corrected chi connectivity index (χ0v) is 18.2. The number of aromatic hydroxyl groups is 1. The molecule has 0 aliphatic carbocycles. The fourth-order valence-electron chi connectivity index (χ4n) is 4.17. The predicted molar refractivity (Wildman–Crippen MR) is 128 cm³/mol. The maximum absolute atomic E-state index is 12.9. The molecule has 33 heavy (non-hydrogen) atoms. The number of fused-ring (bicyclic) bond motifs is 1. The number of ketones is 1. The molecule has 0 saturated carbocycles. The number of pyridine rings is 1. The van der Waals surface area contributed by atoms with Gasteiger partial charge in [-0.2, -0.15) is 0 Å². The van der Waals surface area contributed by atoms with Gasteiger partial charge >= 0.3 is 0 Å². The van der Waals surface area contributed by atoms with Crippen LogP contribution in [0.4, 0.5) is 5.82 Å². The quantitative estimate of drug-likeness (QED) is 0.599. The van der Waals surface area contributed by atoms with E-state index in [1.807, 2.05) is 66.9 Å². The lowest BCUT2D eigenvalue weighted by molar-refractivity contribution is 0.101. The molecular formula is C27H25N3O3. The van der Waals surface area contributed by atoms with Crippen molar-refractivity contribution in [2.24, 2.45) is 0 Å². The molecule has 2 aromatic carbocycles.